The number of rotatable bonds is 3. The third-order valence-electron chi connectivity index (χ3n) is 2.75. The predicted molar refractivity (Wildman–Crippen MR) is 81.5 cm³/mol. The molecule has 0 aromatic heterocycles. The van der Waals surface area contributed by atoms with Gasteiger partial charge in [0.25, 0.3) is 16.0 Å². The van der Waals surface area contributed by atoms with Crippen molar-refractivity contribution in [2.75, 3.05) is 5.01 Å². The van der Waals surface area contributed by atoms with E-state index in [1.54, 1.807) is 0 Å². The SMILES string of the molecule is CCC1=NN(c2cc(Br)c(S(=O)(=O)O)cc2Br)C(=O)C1. The van der Waals surface area contributed by atoms with E-state index in [0.29, 0.717) is 16.6 Å². The monoisotopic (exact) mass is 424 g/mol. The quantitative estimate of drug-likeness (QED) is 0.754. The van der Waals surface area contributed by atoms with Crippen LogP contribution in [0.1, 0.15) is 19.8 Å². The average Bonchev–Trinajstić information content (AvgIpc) is 2.71. The summed E-state index contributed by atoms with van der Waals surface area (Å²) in [6, 6.07) is 2.65. The van der Waals surface area contributed by atoms with Crippen LogP contribution in [0.25, 0.3) is 0 Å². The standard InChI is InChI=1S/C11H10Br2N2O4S/c1-2-6-3-11(16)15(14-6)9-4-8(13)10(5-7(9)12)20(17,18)19/h4-5H,2-3H2,1H3,(H,17,18,19). The summed E-state index contributed by atoms with van der Waals surface area (Å²) in [5.41, 5.74) is 1.18. The van der Waals surface area contributed by atoms with E-state index in [0.717, 1.165) is 5.71 Å². The fourth-order valence-electron chi connectivity index (χ4n) is 1.74. The zero-order valence-electron chi connectivity index (χ0n) is 10.3. The van der Waals surface area contributed by atoms with Gasteiger partial charge in [0.1, 0.15) is 4.90 Å². The van der Waals surface area contributed by atoms with Crippen LogP contribution in [0.4, 0.5) is 5.69 Å². The van der Waals surface area contributed by atoms with Gasteiger partial charge in [-0.15, -0.1) is 0 Å². The van der Waals surface area contributed by atoms with Crippen LogP contribution in [0.3, 0.4) is 0 Å². The summed E-state index contributed by atoms with van der Waals surface area (Å²) in [6.07, 6.45) is 0.921. The molecule has 0 aliphatic carbocycles. The summed E-state index contributed by atoms with van der Waals surface area (Å²) >= 11 is 6.26. The number of hydrazone groups is 1. The van der Waals surface area contributed by atoms with Gasteiger partial charge in [0.05, 0.1) is 12.1 Å². The minimum absolute atomic E-state index is 0.158. The Morgan fingerprint density at radius 1 is 1.35 bits per heavy atom. The summed E-state index contributed by atoms with van der Waals surface area (Å²) < 4.78 is 32.0. The minimum atomic E-state index is -4.34. The highest BCUT2D eigenvalue weighted by Gasteiger charge is 2.27. The summed E-state index contributed by atoms with van der Waals surface area (Å²) in [5, 5.41) is 5.41. The molecule has 1 aliphatic heterocycles. The van der Waals surface area contributed by atoms with Crippen LogP contribution < -0.4 is 5.01 Å². The first-order valence-corrected chi connectivity index (χ1v) is 8.62. The zero-order valence-corrected chi connectivity index (χ0v) is 14.3. The number of anilines is 1. The van der Waals surface area contributed by atoms with E-state index >= 15 is 0 Å². The Kier molecular flexibility index (Phi) is 4.33. The Bertz CT molecular complexity index is 715. The number of hydrogen-bond acceptors (Lipinski definition) is 4. The Balaban J connectivity index is 2.53. The highest BCUT2D eigenvalue weighted by Crippen LogP contribution is 2.36. The van der Waals surface area contributed by atoms with Crippen LogP contribution in [0.5, 0.6) is 0 Å². The van der Waals surface area contributed by atoms with Gasteiger partial charge in [-0.05, 0) is 50.4 Å². The van der Waals surface area contributed by atoms with E-state index in [4.69, 9.17) is 4.55 Å². The van der Waals surface area contributed by atoms with Crippen LogP contribution in [-0.2, 0) is 14.9 Å². The van der Waals surface area contributed by atoms with Crippen LogP contribution in [0, 0.1) is 0 Å². The second-order valence-corrected chi connectivity index (χ2v) is 7.21. The molecule has 0 saturated heterocycles. The molecule has 0 atom stereocenters. The summed E-state index contributed by atoms with van der Waals surface area (Å²) in [5.74, 6) is -0.186. The molecule has 1 aromatic rings. The predicted octanol–water partition coefficient (Wildman–Crippen LogP) is 2.96. The first-order chi connectivity index (χ1) is 9.24. The molecule has 1 aliphatic rings. The lowest BCUT2D eigenvalue weighted by Crippen LogP contribution is -2.20. The first kappa shape index (κ1) is 15.6. The van der Waals surface area contributed by atoms with Crippen LogP contribution in [-0.4, -0.2) is 24.6 Å². The van der Waals surface area contributed by atoms with E-state index in [1.165, 1.54) is 17.1 Å². The fourth-order valence-corrected chi connectivity index (χ4v) is 3.92. The van der Waals surface area contributed by atoms with Gasteiger partial charge in [0, 0.05) is 14.7 Å². The van der Waals surface area contributed by atoms with Gasteiger partial charge in [-0.1, -0.05) is 6.92 Å². The van der Waals surface area contributed by atoms with E-state index < -0.39 is 10.1 Å². The highest BCUT2D eigenvalue weighted by atomic mass is 79.9. The molecule has 0 unspecified atom stereocenters. The molecule has 0 spiro atoms. The number of carbonyl (C=O) groups is 1. The molecule has 2 rings (SSSR count). The summed E-state index contributed by atoms with van der Waals surface area (Å²) in [6.45, 7) is 1.90. The zero-order chi connectivity index (χ0) is 15.1. The molecule has 108 valence electrons. The second kappa shape index (κ2) is 5.55. The minimum Gasteiger partial charge on any atom is -0.282 e. The Morgan fingerprint density at radius 3 is 2.50 bits per heavy atom. The van der Waals surface area contributed by atoms with Crippen molar-refractivity contribution in [2.24, 2.45) is 5.10 Å². The molecule has 1 N–H and O–H groups in total. The molecule has 6 nitrogen and oxygen atoms in total. The van der Waals surface area contributed by atoms with Crippen molar-refractivity contribution in [2.45, 2.75) is 24.7 Å². The number of nitrogens with zero attached hydrogens (tertiary/aromatic N) is 2. The Labute approximate surface area is 132 Å². The summed E-state index contributed by atoms with van der Waals surface area (Å²) in [7, 11) is -4.34. The lowest BCUT2D eigenvalue weighted by Gasteiger charge is -2.15. The number of carbonyl (C=O) groups excluding carboxylic acids is 1. The molecule has 0 saturated carbocycles. The molecular formula is C11H10Br2N2O4S. The van der Waals surface area contributed by atoms with Gasteiger partial charge >= 0.3 is 0 Å². The third-order valence-corrected chi connectivity index (χ3v) is 5.20. The largest absolute Gasteiger partial charge is 0.295 e. The Hall–Kier alpha value is -0.770. The van der Waals surface area contributed by atoms with Gasteiger partial charge in [-0.2, -0.15) is 18.5 Å². The van der Waals surface area contributed by atoms with Gasteiger partial charge in [-0.25, -0.2) is 0 Å². The van der Waals surface area contributed by atoms with E-state index in [9.17, 15) is 13.2 Å². The number of benzene rings is 1. The maximum absolute atomic E-state index is 11.9. The maximum atomic E-state index is 11.9. The van der Waals surface area contributed by atoms with Crippen molar-refractivity contribution in [3.63, 3.8) is 0 Å². The molecule has 0 fully saturated rings. The summed E-state index contributed by atoms with van der Waals surface area (Å²) in [4.78, 5) is 11.6. The molecule has 9 heteroatoms. The van der Waals surface area contributed by atoms with Gasteiger partial charge in [0.15, 0.2) is 0 Å². The van der Waals surface area contributed by atoms with Crippen molar-refractivity contribution < 1.29 is 17.8 Å². The van der Waals surface area contributed by atoms with Crippen molar-refractivity contribution in [1.29, 1.82) is 0 Å². The van der Waals surface area contributed by atoms with E-state index in [-0.39, 0.29) is 21.7 Å². The van der Waals surface area contributed by atoms with Gasteiger partial charge < -0.3 is 0 Å². The molecular weight excluding hydrogens is 416 g/mol. The first-order valence-electron chi connectivity index (χ1n) is 5.60. The Morgan fingerprint density at radius 2 is 2.00 bits per heavy atom. The van der Waals surface area contributed by atoms with Crippen molar-refractivity contribution in [3.05, 3.63) is 21.1 Å². The van der Waals surface area contributed by atoms with Crippen molar-refractivity contribution in [3.8, 4) is 0 Å². The van der Waals surface area contributed by atoms with Gasteiger partial charge in [-0.3, -0.25) is 9.35 Å². The third kappa shape index (κ3) is 2.95. The number of hydrogen-bond donors (Lipinski definition) is 1. The average molecular weight is 426 g/mol. The van der Waals surface area contributed by atoms with E-state index in [1.807, 2.05) is 6.92 Å². The smallest absolute Gasteiger partial charge is 0.282 e. The molecule has 20 heavy (non-hydrogen) atoms. The number of halogens is 2. The molecule has 1 heterocycles. The normalized spacial score (nSPS) is 15.7. The van der Waals surface area contributed by atoms with Crippen LogP contribution in [0.15, 0.2) is 31.1 Å². The van der Waals surface area contributed by atoms with Gasteiger partial charge in [0.2, 0.25) is 0 Å². The highest BCUT2D eigenvalue weighted by molar-refractivity contribution is 9.11. The molecule has 1 aromatic carbocycles. The van der Waals surface area contributed by atoms with Crippen molar-refractivity contribution in [1.82, 2.24) is 0 Å². The fraction of sp³-hybridized carbons (Fsp3) is 0.273. The molecule has 1 amide bonds. The molecule has 0 bridgehead atoms. The second-order valence-electron chi connectivity index (χ2n) is 4.11. The number of amides is 1. The van der Waals surface area contributed by atoms with E-state index in [2.05, 4.69) is 37.0 Å². The van der Waals surface area contributed by atoms with Crippen LogP contribution >= 0.6 is 31.9 Å². The lowest BCUT2D eigenvalue weighted by molar-refractivity contribution is -0.116. The van der Waals surface area contributed by atoms with Crippen molar-refractivity contribution >= 4 is 59.3 Å². The topological polar surface area (TPSA) is 87.0 Å². The lowest BCUT2D eigenvalue weighted by atomic mass is 10.2. The molecule has 0 radical (unpaired) electrons. The van der Waals surface area contributed by atoms with Crippen LogP contribution in [0.2, 0.25) is 0 Å². The maximum Gasteiger partial charge on any atom is 0.295 e.